The van der Waals surface area contributed by atoms with Crippen LogP contribution in [0.15, 0.2) is 30.1 Å². The highest BCUT2D eigenvalue weighted by Crippen LogP contribution is 2.29. The van der Waals surface area contributed by atoms with Crippen LogP contribution in [0.3, 0.4) is 0 Å². The van der Waals surface area contributed by atoms with Gasteiger partial charge in [0.15, 0.2) is 0 Å². The van der Waals surface area contributed by atoms with E-state index in [2.05, 4.69) is 17.6 Å². The number of nitrogens with one attached hydrogen (secondary N) is 2. The van der Waals surface area contributed by atoms with Crippen molar-refractivity contribution in [1.29, 1.82) is 0 Å². The molecule has 0 spiro atoms. The number of nitrogens with zero attached hydrogens (tertiary/aromatic N) is 1. The molecule has 1 unspecified atom stereocenters. The van der Waals surface area contributed by atoms with E-state index >= 15 is 0 Å². The Morgan fingerprint density at radius 1 is 1.31 bits per heavy atom. The maximum absolute atomic E-state index is 14.5. The van der Waals surface area contributed by atoms with Crippen LogP contribution in [0.4, 0.5) is 13.2 Å². The third-order valence-electron chi connectivity index (χ3n) is 5.41. The van der Waals surface area contributed by atoms with E-state index in [-0.39, 0.29) is 24.7 Å². The molecule has 2 heterocycles. The van der Waals surface area contributed by atoms with Crippen molar-refractivity contribution < 1.29 is 13.2 Å². The molecule has 2 aliphatic rings. The molecule has 0 aliphatic carbocycles. The Morgan fingerprint density at radius 3 is 2.65 bits per heavy atom. The van der Waals surface area contributed by atoms with Crippen LogP contribution >= 0.6 is 0 Å². The number of benzene rings is 1. The fourth-order valence-corrected chi connectivity index (χ4v) is 3.57. The second-order valence-electron chi connectivity index (χ2n) is 7.49. The first kappa shape index (κ1) is 19.1. The fraction of sp³-hybridized carbons (Fsp3) is 0.600. The minimum Gasteiger partial charge on any atom is -0.386 e. The molecule has 26 heavy (non-hydrogen) atoms. The molecule has 0 saturated carbocycles. The Morgan fingerprint density at radius 2 is 2.04 bits per heavy atom. The predicted octanol–water partition coefficient (Wildman–Crippen LogP) is 4.32. The molecule has 2 atom stereocenters. The molecule has 2 aliphatic heterocycles. The molecule has 1 aromatic rings. The average molecular weight is 367 g/mol. The third-order valence-corrected chi connectivity index (χ3v) is 5.41. The van der Waals surface area contributed by atoms with Gasteiger partial charge in [-0.3, -0.25) is 4.90 Å². The molecule has 1 aromatic carbocycles. The summed E-state index contributed by atoms with van der Waals surface area (Å²) in [4.78, 5) is 1.90. The second-order valence-corrected chi connectivity index (χ2v) is 7.49. The van der Waals surface area contributed by atoms with Crippen LogP contribution in [-0.4, -0.2) is 30.0 Å². The lowest BCUT2D eigenvalue weighted by molar-refractivity contribution is -0.0567. The Balaban J connectivity index is 1.57. The highest BCUT2D eigenvalue weighted by atomic mass is 19.3. The molecule has 0 radical (unpaired) electrons. The molecular weight excluding hydrogens is 339 g/mol. The van der Waals surface area contributed by atoms with Crippen molar-refractivity contribution in [1.82, 2.24) is 15.5 Å². The zero-order chi connectivity index (χ0) is 18.7. The van der Waals surface area contributed by atoms with Gasteiger partial charge in [-0.15, -0.1) is 0 Å². The van der Waals surface area contributed by atoms with Crippen molar-refractivity contribution in [3.05, 3.63) is 47.0 Å². The maximum Gasteiger partial charge on any atom is 0.250 e. The monoisotopic (exact) mass is 367 g/mol. The van der Waals surface area contributed by atoms with E-state index in [1.807, 2.05) is 24.1 Å². The highest BCUT2D eigenvalue weighted by Gasteiger charge is 2.34. The summed E-state index contributed by atoms with van der Waals surface area (Å²) in [7, 11) is 0. The van der Waals surface area contributed by atoms with Crippen LogP contribution in [-0.2, 0) is 6.54 Å². The zero-order valence-corrected chi connectivity index (χ0v) is 15.5. The van der Waals surface area contributed by atoms with Gasteiger partial charge in [-0.2, -0.15) is 0 Å². The average Bonchev–Trinajstić information content (AvgIpc) is 3.06. The number of alkyl halides is 2. The van der Waals surface area contributed by atoms with Crippen molar-refractivity contribution in [3.63, 3.8) is 0 Å². The van der Waals surface area contributed by atoms with E-state index in [1.165, 1.54) is 0 Å². The Kier molecular flexibility index (Phi) is 5.80. The Bertz CT molecular complexity index is 650. The van der Waals surface area contributed by atoms with Crippen molar-refractivity contribution in [2.75, 3.05) is 13.1 Å². The lowest BCUT2D eigenvalue weighted by Crippen LogP contribution is -2.39. The number of hydrogen-bond acceptors (Lipinski definition) is 3. The van der Waals surface area contributed by atoms with E-state index in [0.717, 1.165) is 24.1 Å². The van der Waals surface area contributed by atoms with E-state index in [9.17, 15) is 13.2 Å². The molecular formula is C20H28F3N3. The summed E-state index contributed by atoms with van der Waals surface area (Å²) in [6.45, 7) is 5.17. The minimum atomic E-state index is -2.57. The van der Waals surface area contributed by atoms with Gasteiger partial charge < -0.3 is 10.6 Å². The quantitative estimate of drug-likeness (QED) is 0.784. The highest BCUT2D eigenvalue weighted by molar-refractivity contribution is 5.27. The molecule has 6 heteroatoms. The minimum absolute atomic E-state index is 0.0101. The predicted molar refractivity (Wildman–Crippen MR) is 97.3 cm³/mol. The van der Waals surface area contributed by atoms with Gasteiger partial charge in [0.05, 0.1) is 0 Å². The second kappa shape index (κ2) is 7.91. The summed E-state index contributed by atoms with van der Waals surface area (Å²) in [5.74, 6) is -2.83. The van der Waals surface area contributed by atoms with Gasteiger partial charge in [0, 0.05) is 68.4 Å². The lowest BCUT2D eigenvalue weighted by atomic mass is 10.0. The largest absolute Gasteiger partial charge is 0.386 e. The fourth-order valence-electron chi connectivity index (χ4n) is 3.57. The maximum atomic E-state index is 14.5. The number of halogens is 3. The smallest absolute Gasteiger partial charge is 0.250 e. The molecule has 0 amide bonds. The zero-order valence-electron chi connectivity index (χ0n) is 15.5. The lowest BCUT2D eigenvalue weighted by Gasteiger charge is -2.31. The first-order valence-electron chi connectivity index (χ1n) is 9.46. The SMILES string of the molecule is CC[C@H]1CC(NC(C)c2ccc(CN3CCC(F)(F)CC3)c(F)c2)=CN1. The molecule has 1 saturated heterocycles. The molecule has 0 aromatic heterocycles. The van der Waals surface area contributed by atoms with E-state index in [1.54, 1.807) is 12.1 Å². The summed E-state index contributed by atoms with van der Waals surface area (Å²) in [6.07, 6.45) is 3.75. The summed E-state index contributed by atoms with van der Waals surface area (Å²) in [5.41, 5.74) is 2.60. The van der Waals surface area contributed by atoms with Crippen LogP contribution in [0.5, 0.6) is 0 Å². The van der Waals surface area contributed by atoms with Crippen molar-refractivity contribution in [3.8, 4) is 0 Å². The van der Waals surface area contributed by atoms with E-state index in [4.69, 9.17) is 0 Å². The van der Waals surface area contributed by atoms with Gasteiger partial charge in [0.2, 0.25) is 0 Å². The molecule has 3 nitrogen and oxygen atoms in total. The van der Waals surface area contributed by atoms with Crippen molar-refractivity contribution in [2.45, 2.75) is 64.1 Å². The van der Waals surface area contributed by atoms with Crippen LogP contribution in [0.25, 0.3) is 0 Å². The number of rotatable bonds is 6. The van der Waals surface area contributed by atoms with Crippen LogP contribution < -0.4 is 10.6 Å². The van der Waals surface area contributed by atoms with Gasteiger partial charge in [-0.05, 0) is 25.0 Å². The first-order valence-corrected chi connectivity index (χ1v) is 9.46. The third kappa shape index (κ3) is 4.72. The van der Waals surface area contributed by atoms with Crippen molar-refractivity contribution >= 4 is 0 Å². The van der Waals surface area contributed by atoms with E-state index in [0.29, 0.717) is 31.2 Å². The van der Waals surface area contributed by atoms with Crippen LogP contribution in [0.2, 0.25) is 0 Å². The number of hydrogen-bond donors (Lipinski definition) is 2. The summed E-state index contributed by atoms with van der Waals surface area (Å²) in [6, 6.07) is 5.75. The van der Waals surface area contributed by atoms with Gasteiger partial charge in [0.1, 0.15) is 5.82 Å². The summed E-state index contributed by atoms with van der Waals surface area (Å²) in [5, 5.41) is 6.76. The molecule has 3 rings (SSSR count). The molecule has 0 bridgehead atoms. The number of likely N-dealkylation sites (tertiary alicyclic amines) is 1. The normalized spacial score (nSPS) is 24.0. The van der Waals surface area contributed by atoms with Crippen molar-refractivity contribution in [2.24, 2.45) is 0 Å². The summed E-state index contributed by atoms with van der Waals surface area (Å²) >= 11 is 0. The standard InChI is InChI=1S/C20H28F3N3/c1-3-17-11-18(12-24-17)25-14(2)15-4-5-16(19(21)10-15)13-26-8-6-20(22,23)7-9-26/h4-5,10,12,14,17,24-25H,3,6-9,11,13H2,1-2H3/t14?,17-/m0/s1. The first-order chi connectivity index (χ1) is 12.4. The summed E-state index contributed by atoms with van der Waals surface area (Å²) < 4.78 is 41.0. The molecule has 144 valence electrons. The van der Waals surface area contributed by atoms with Gasteiger partial charge >= 0.3 is 0 Å². The van der Waals surface area contributed by atoms with E-state index < -0.39 is 5.92 Å². The number of piperidine rings is 1. The van der Waals surface area contributed by atoms with Crippen LogP contribution in [0, 0.1) is 5.82 Å². The van der Waals surface area contributed by atoms with Crippen LogP contribution in [0.1, 0.15) is 56.7 Å². The Labute approximate surface area is 153 Å². The van der Waals surface area contributed by atoms with Gasteiger partial charge in [-0.1, -0.05) is 19.1 Å². The topological polar surface area (TPSA) is 27.3 Å². The molecule has 1 fully saturated rings. The molecule has 2 N–H and O–H groups in total. The van der Waals surface area contributed by atoms with Gasteiger partial charge in [-0.25, -0.2) is 13.2 Å². The Hall–Kier alpha value is -1.69. The van der Waals surface area contributed by atoms with Gasteiger partial charge in [0.25, 0.3) is 5.92 Å².